The van der Waals surface area contributed by atoms with Crippen LogP contribution in [0.1, 0.15) is 19.8 Å². The second-order valence-electron chi connectivity index (χ2n) is 6.41. The Kier molecular flexibility index (Phi) is 4.36. The number of carbonyl (C=O) groups is 1. The molecule has 3 aliphatic rings. The van der Waals surface area contributed by atoms with Gasteiger partial charge < -0.3 is 5.32 Å². The second-order valence-corrected chi connectivity index (χ2v) is 7.33. The SMILES string of the molecule is CC1NN2C(C(F)F)=CC(=C3CC3)N=C2C1C(=O)Nc1ccc(Br)cn1. The van der Waals surface area contributed by atoms with E-state index in [9.17, 15) is 13.6 Å². The molecule has 3 heterocycles. The van der Waals surface area contributed by atoms with E-state index in [0.717, 1.165) is 22.9 Å². The number of aromatic nitrogens is 1. The Bertz CT molecular complexity index is 843. The molecule has 0 radical (unpaired) electrons. The standard InChI is InChI=1S/C17H16BrF2N5O/c1-8-14(17(26)23-13-5-4-10(18)7-21-13)16-22-11(9-2-3-9)6-12(15(19)20)25(16)24-8/h4-8,14-15,24H,2-3H2,1H3,(H,21,23,26). The Balaban J connectivity index is 1.63. The Labute approximate surface area is 157 Å². The van der Waals surface area contributed by atoms with Crippen molar-refractivity contribution in [2.45, 2.75) is 32.2 Å². The van der Waals surface area contributed by atoms with Crippen molar-refractivity contribution in [3.05, 3.63) is 45.8 Å². The summed E-state index contributed by atoms with van der Waals surface area (Å²) in [7, 11) is 0. The number of nitrogens with zero attached hydrogens (tertiary/aromatic N) is 3. The summed E-state index contributed by atoms with van der Waals surface area (Å²) in [6.07, 6.45) is 2.05. The molecule has 2 N–H and O–H groups in total. The van der Waals surface area contributed by atoms with Crippen LogP contribution in [-0.4, -0.2) is 34.2 Å². The van der Waals surface area contributed by atoms with Crippen LogP contribution in [0, 0.1) is 5.92 Å². The minimum Gasteiger partial charge on any atom is -0.310 e. The number of amidine groups is 1. The third-order valence-electron chi connectivity index (χ3n) is 4.46. The third kappa shape index (κ3) is 3.16. The van der Waals surface area contributed by atoms with E-state index in [1.54, 1.807) is 25.3 Å². The summed E-state index contributed by atoms with van der Waals surface area (Å²) in [5.41, 5.74) is 4.37. The normalized spacial score (nSPS) is 24.4. The zero-order chi connectivity index (χ0) is 18.4. The van der Waals surface area contributed by atoms with E-state index in [1.165, 1.54) is 11.1 Å². The molecule has 1 aromatic rings. The van der Waals surface area contributed by atoms with Gasteiger partial charge >= 0.3 is 0 Å². The first-order chi connectivity index (χ1) is 12.4. The van der Waals surface area contributed by atoms with Crippen molar-refractivity contribution in [1.82, 2.24) is 15.4 Å². The van der Waals surface area contributed by atoms with E-state index in [0.29, 0.717) is 17.4 Å². The van der Waals surface area contributed by atoms with Crippen LogP contribution in [0.5, 0.6) is 0 Å². The Morgan fingerprint density at radius 1 is 1.42 bits per heavy atom. The highest BCUT2D eigenvalue weighted by atomic mass is 79.9. The number of carbonyl (C=O) groups excluding carboxylic acids is 1. The molecule has 2 aliphatic heterocycles. The molecule has 0 aromatic carbocycles. The molecule has 0 bridgehead atoms. The Morgan fingerprint density at radius 2 is 2.19 bits per heavy atom. The van der Waals surface area contributed by atoms with Crippen LogP contribution in [0.15, 0.2) is 50.8 Å². The quantitative estimate of drug-likeness (QED) is 0.782. The molecule has 2 unspecified atom stereocenters. The predicted molar refractivity (Wildman–Crippen MR) is 96.3 cm³/mol. The molecule has 6 nitrogen and oxygen atoms in total. The lowest BCUT2D eigenvalue weighted by Crippen LogP contribution is -2.40. The molecule has 1 saturated heterocycles. The van der Waals surface area contributed by atoms with Crippen LogP contribution in [0.3, 0.4) is 0 Å². The van der Waals surface area contributed by atoms with E-state index in [1.807, 2.05) is 0 Å². The van der Waals surface area contributed by atoms with E-state index >= 15 is 0 Å². The maximum Gasteiger partial charge on any atom is 0.280 e. The van der Waals surface area contributed by atoms with E-state index in [2.05, 4.69) is 36.6 Å². The number of rotatable bonds is 3. The second kappa shape index (κ2) is 6.55. The van der Waals surface area contributed by atoms with Gasteiger partial charge in [-0.05, 0) is 59.5 Å². The van der Waals surface area contributed by atoms with E-state index in [4.69, 9.17) is 0 Å². The molecule has 2 atom stereocenters. The van der Waals surface area contributed by atoms with Gasteiger partial charge in [0.05, 0.1) is 5.70 Å². The highest BCUT2D eigenvalue weighted by Gasteiger charge is 2.45. The van der Waals surface area contributed by atoms with Crippen LogP contribution in [-0.2, 0) is 4.79 Å². The first kappa shape index (κ1) is 17.3. The number of alkyl halides is 2. The van der Waals surface area contributed by atoms with Crippen molar-refractivity contribution in [2.75, 3.05) is 5.32 Å². The van der Waals surface area contributed by atoms with Crippen molar-refractivity contribution in [1.29, 1.82) is 0 Å². The van der Waals surface area contributed by atoms with Gasteiger partial charge in [0, 0.05) is 16.7 Å². The molecular formula is C17H16BrF2N5O. The molecular weight excluding hydrogens is 408 g/mol. The Hall–Kier alpha value is -2.13. The molecule has 1 aromatic heterocycles. The molecule has 0 spiro atoms. The summed E-state index contributed by atoms with van der Waals surface area (Å²) in [6, 6.07) is 3.05. The van der Waals surface area contributed by atoms with Gasteiger partial charge in [0.15, 0.2) is 0 Å². The summed E-state index contributed by atoms with van der Waals surface area (Å²) in [4.78, 5) is 21.4. The van der Waals surface area contributed by atoms with Gasteiger partial charge in [0.25, 0.3) is 6.43 Å². The number of pyridine rings is 1. The van der Waals surface area contributed by atoms with Gasteiger partial charge in [-0.25, -0.2) is 24.2 Å². The number of hydrazine groups is 1. The van der Waals surface area contributed by atoms with Gasteiger partial charge in [-0.3, -0.25) is 9.80 Å². The van der Waals surface area contributed by atoms with Crippen LogP contribution in [0.2, 0.25) is 0 Å². The van der Waals surface area contributed by atoms with Gasteiger partial charge in [0.1, 0.15) is 23.3 Å². The zero-order valence-electron chi connectivity index (χ0n) is 13.8. The number of allylic oxidation sites excluding steroid dienone is 3. The van der Waals surface area contributed by atoms with Gasteiger partial charge in [-0.15, -0.1) is 0 Å². The number of nitrogens with one attached hydrogen (secondary N) is 2. The number of hydrogen-bond donors (Lipinski definition) is 2. The fourth-order valence-electron chi connectivity index (χ4n) is 3.05. The van der Waals surface area contributed by atoms with Crippen LogP contribution in [0.25, 0.3) is 0 Å². The van der Waals surface area contributed by atoms with Crippen molar-refractivity contribution in [3.8, 4) is 0 Å². The smallest absolute Gasteiger partial charge is 0.280 e. The largest absolute Gasteiger partial charge is 0.310 e. The number of anilines is 1. The van der Waals surface area contributed by atoms with Gasteiger partial charge in [-0.2, -0.15) is 0 Å². The van der Waals surface area contributed by atoms with Crippen LogP contribution in [0.4, 0.5) is 14.6 Å². The fraction of sp³-hybridized carbons (Fsp3) is 0.353. The zero-order valence-corrected chi connectivity index (χ0v) is 15.4. The van der Waals surface area contributed by atoms with Crippen molar-refractivity contribution in [2.24, 2.45) is 10.9 Å². The third-order valence-corrected chi connectivity index (χ3v) is 4.93. The predicted octanol–water partition coefficient (Wildman–Crippen LogP) is 3.22. The highest BCUT2D eigenvalue weighted by molar-refractivity contribution is 9.10. The average Bonchev–Trinajstić information content (AvgIpc) is 3.38. The van der Waals surface area contributed by atoms with Crippen molar-refractivity contribution in [3.63, 3.8) is 0 Å². The number of fused-ring (bicyclic) bond motifs is 1. The molecule has 9 heteroatoms. The summed E-state index contributed by atoms with van der Waals surface area (Å²) in [5.74, 6) is -0.334. The van der Waals surface area contributed by atoms with Crippen LogP contribution < -0.4 is 10.7 Å². The molecule has 2 fully saturated rings. The van der Waals surface area contributed by atoms with E-state index < -0.39 is 12.3 Å². The maximum absolute atomic E-state index is 13.5. The highest BCUT2D eigenvalue weighted by Crippen LogP contribution is 2.38. The number of aliphatic imine (C=N–C) groups is 1. The van der Waals surface area contributed by atoms with Gasteiger partial charge in [0.2, 0.25) is 5.91 Å². The summed E-state index contributed by atoms with van der Waals surface area (Å²) in [6.45, 7) is 1.77. The number of hydrogen-bond acceptors (Lipinski definition) is 5. The molecule has 4 rings (SSSR count). The average molecular weight is 424 g/mol. The molecule has 1 amide bonds. The van der Waals surface area contributed by atoms with E-state index in [-0.39, 0.29) is 17.6 Å². The molecule has 26 heavy (non-hydrogen) atoms. The summed E-state index contributed by atoms with van der Waals surface area (Å²) >= 11 is 3.29. The van der Waals surface area contributed by atoms with Crippen molar-refractivity contribution < 1.29 is 13.6 Å². The van der Waals surface area contributed by atoms with Gasteiger partial charge in [-0.1, -0.05) is 0 Å². The molecule has 1 saturated carbocycles. The molecule has 136 valence electrons. The lowest BCUT2D eigenvalue weighted by molar-refractivity contribution is -0.118. The minimum absolute atomic E-state index is 0.173. The fourth-order valence-corrected chi connectivity index (χ4v) is 3.29. The summed E-state index contributed by atoms with van der Waals surface area (Å²) < 4.78 is 27.8. The Morgan fingerprint density at radius 3 is 2.81 bits per heavy atom. The maximum atomic E-state index is 13.5. The minimum atomic E-state index is -2.66. The summed E-state index contributed by atoms with van der Waals surface area (Å²) in [5, 5.41) is 3.99. The van der Waals surface area contributed by atoms with Crippen LogP contribution >= 0.6 is 15.9 Å². The lowest BCUT2D eigenvalue weighted by atomic mass is 10.00. The first-order valence-corrected chi connectivity index (χ1v) is 9.02. The monoisotopic (exact) mass is 423 g/mol. The number of amides is 1. The number of halogens is 3. The lowest BCUT2D eigenvalue weighted by Gasteiger charge is -2.26. The van der Waals surface area contributed by atoms with Crippen molar-refractivity contribution >= 4 is 33.5 Å². The topological polar surface area (TPSA) is 69.6 Å². The molecule has 1 aliphatic carbocycles. The first-order valence-electron chi connectivity index (χ1n) is 8.23.